The first-order valence-electron chi connectivity index (χ1n) is 9.21. The first-order chi connectivity index (χ1) is 12.8. The van der Waals surface area contributed by atoms with E-state index in [1.54, 1.807) is 18.3 Å². The number of pyridine rings is 1. The second kappa shape index (κ2) is 9.20. The second-order valence-corrected chi connectivity index (χ2v) is 6.28. The molecule has 1 aromatic heterocycles. The van der Waals surface area contributed by atoms with E-state index in [0.717, 1.165) is 50.5 Å². The number of benzene rings is 1. The van der Waals surface area contributed by atoms with Crippen molar-refractivity contribution >= 4 is 23.1 Å². The SMILES string of the molecule is CCCCNC(=O)c1ccnc(Nc2ccccc2N2CCOCC2)c1. The van der Waals surface area contributed by atoms with Crippen molar-refractivity contribution in [2.45, 2.75) is 19.8 Å². The van der Waals surface area contributed by atoms with E-state index in [2.05, 4.69) is 33.5 Å². The lowest BCUT2D eigenvalue weighted by Gasteiger charge is -2.30. The quantitative estimate of drug-likeness (QED) is 0.748. The molecule has 0 atom stereocenters. The largest absolute Gasteiger partial charge is 0.378 e. The van der Waals surface area contributed by atoms with Crippen molar-refractivity contribution in [3.05, 3.63) is 48.2 Å². The number of carbonyl (C=O) groups excluding carboxylic acids is 1. The molecule has 0 radical (unpaired) electrons. The molecule has 0 unspecified atom stereocenters. The molecule has 6 heteroatoms. The van der Waals surface area contributed by atoms with Crippen molar-refractivity contribution in [3.8, 4) is 0 Å². The van der Waals surface area contributed by atoms with Crippen molar-refractivity contribution in [1.82, 2.24) is 10.3 Å². The van der Waals surface area contributed by atoms with Gasteiger partial charge < -0.3 is 20.3 Å². The molecule has 1 aliphatic rings. The number of anilines is 3. The number of hydrogen-bond acceptors (Lipinski definition) is 5. The standard InChI is InChI=1S/C20H26N4O2/c1-2-3-9-22-20(25)16-8-10-21-19(15-16)23-17-6-4-5-7-18(17)24-11-13-26-14-12-24/h4-8,10,15H,2-3,9,11-14H2,1H3,(H,21,23)(H,22,25). The molecular weight excluding hydrogens is 328 g/mol. The van der Waals surface area contributed by atoms with Crippen LogP contribution in [-0.4, -0.2) is 43.7 Å². The summed E-state index contributed by atoms with van der Waals surface area (Å²) in [5, 5.41) is 6.30. The molecule has 26 heavy (non-hydrogen) atoms. The van der Waals surface area contributed by atoms with Gasteiger partial charge in [-0.05, 0) is 30.7 Å². The summed E-state index contributed by atoms with van der Waals surface area (Å²) in [6.07, 6.45) is 3.70. The number of nitrogens with zero attached hydrogens (tertiary/aromatic N) is 2. The molecule has 138 valence electrons. The molecule has 2 aromatic rings. The Kier molecular flexibility index (Phi) is 6.44. The van der Waals surface area contributed by atoms with Crippen LogP contribution >= 0.6 is 0 Å². The van der Waals surface area contributed by atoms with Crippen molar-refractivity contribution in [3.63, 3.8) is 0 Å². The topological polar surface area (TPSA) is 66.5 Å². The fourth-order valence-electron chi connectivity index (χ4n) is 2.92. The zero-order chi connectivity index (χ0) is 18.2. The second-order valence-electron chi connectivity index (χ2n) is 6.28. The molecule has 0 saturated carbocycles. The fourth-order valence-corrected chi connectivity index (χ4v) is 2.92. The van der Waals surface area contributed by atoms with E-state index in [1.165, 1.54) is 0 Å². The van der Waals surface area contributed by atoms with Crippen LogP contribution in [0, 0.1) is 0 Å². The third-order valence-corrected chi connectivity index (χ3v) is 4.36. The minimum Gasteiger partial charge on any atom is -0.378 e. The van der Waals surface area contributed by atoms with Gasteiger partial charge in [-0.1, -0.05) is 25.5 Å². The summed E-state index contributed by atoms with van der Waals surface area (Å²) in [4.78, 5) is 18.9. The van der Waals surface area contributed by atoms with Crippen LogP contribution in [0.1, 0.15) is 30.1 Å². The maximum absolute atomic E-state index is 12.2. The first-order valence-corrected chi connectivity index (χ1v) is 9.21. The Hall–Kier alpha value is -2.60. The summed E-state index contributed by atoms with van der Waals surface area (Å²) < 4.78 is 5.44. The summed E-state index contributed by atoms with van der Waals surface area (Å²) >= 11 is 0. The zero-order valence-corrected chi connectivity index (χ0v) is 15.2. The van der Waals surface area contributed by atoms with Gasteiger partial charge in [0.25, 0.3) is 5.91 Å². The van der Waals surface area contributed by atoms with Crippen molar-refractivity contribution in [2.75, 3.05) is 43.1 Å². The average molecular weight is 354 g/mol. The predicted molar refractivity (Wildman–Crippen MR) is 104 cm³/mol. The van der Waals surface area contributed by atoms with Crippen LogP contribution in [0.2, 0.25) is 0 Å². The minimum absolute atomic E-state index is 0.0645. The number of carbonyl (C=O) groups is 1. The van der Waals surface area contributed by atoms with Crippen LogP contribution < -0.4 is 15.5 Å². The van der Waals surface area contributed by atoms with Gasteiger partial charge in [-0.25, -0.2) is 4.98 Å². The van der Waals surface area contributed by atoms with Crippen LogP contribution in [0.4, 0.5) is 17.2 Å². The summed E-state index contributed by atoms with van der Waals surface area (Å²) in [7, 11) is 0. The molecule has 1 fully saturated rings. The van der Waals surface area contributed by atoms with Crippen molar-refractivity contribution in [1.29, 1.82) is 0 Å². The molecule has 1 saturated heterocycles. The number of morpholine rings is 1. The number of rotatable bonds is 7. The number of unbranched alkanes of at least 4 members (excludes halogenated alkanes) is 1. The minimum atomic E-state index is -0.0645. The third-order valence-electron chi connectivity index (χ3n) is 4.36. The van der Waals surface area contributed by atoms with Gasteiger partial charge in [-0.2, -0.15) is 0 Å². The lowest BCUT2D eigenvalue weighted by molar-refractivity contribution is 0.0953. The maximum Gasteiger partial charge on any atom is 0.251 e. The highest BCUT2D eigenvalue weighted by Crippen LogP contribution is 2.28. The van der Waals surface area contributed by atoms with Gasteiger partial charge in [0.2, 0.25) is 0 Å². The van der Waals surface area contributed by atoms with E-state index in [4.69, 9.17) is 4.74 Å². The summed E-state index contributed by atoms with van der Waals surface area (Å²) in [5.41, 5.74) is 2.71. The maximum atomic E-state index is 12.2. The number of nitrogens with one attached hydrogen (secondary N) is 2. The van der Waals surface area contributed by atoms with Gasteiger partial charge >= 0.3 is 0 Å². The van der Waals surface area contributed by atoms with E-state index in [1.807, 2.05) is 18.2 Å². The van der Waals surface area contributed by atoms with Gasteiger partial charge in [0.15, 0.2) is 0 Å². The number of hydrogen-bond donors (Lipinski definition) is 2. The Morgan fingerprint density at radius 2 is 2.04 bits per heavy atom. The van der Waals surface area contributed by atoms with Crippen LogP contribution in [-0.2, 0) is 4.74 Å². The van der Waals surface area contributed by atoms with E-state index in [-0.39, 0.29) is 5.91 Å². The van der Waals surface area contributed by atoms with Crippen molar-refractivity contribution in [2.24, 2.45) is 0 Å². The predicted octanol–water partition coefficient (Wildman–Crippen LogP) is 3.19. The van der Waals surface area contributed by atoms with Crippen LogP contribution in [0.25, 0.3) is 0 Å². The molecule has 6 nitrogen and oxygen atoms in total. The Morgan fingerprint density at radius 3 is 2.85 bits per heavy atom. The lowest BCUT2D eigenvalue weighted by atomic mass is 10.2. The molecule has 0 spiro atoms. The molecule has 1 amide bonds. The monoisotopic (exact) mass is 354 g/mol. The average Bonchev–Trinajstić information content (AvgIpc) is 2.69. The molecule has 0 bridgehead atoms. The van der Waals surface area contributed by atoms with Crippen LogP contribution in [0.3, 0.4) is 0 Å². The number of para-hydroxylation sites is 2. The van der Waals surface area contributed by atoms with Crippen LogP contribution in [0.15, 0.2) is 42.6 Å². The normalized spacial score (nSPS) is 14.1. The molecule has 1 aromatic carbocycles. The third kappa shape index (κ3) is 4.73. The number of amides is 1. The van der Waals surface area contributed by atoms with Gasteiger partial charge in [0.05, 0.1) is 24.6 Å². The van der Waals surface area contributed by atoms with Crippen molar-refractivity contribution < 1.29 is 9.53 Å². The molecule has 0 aliphatic carbocycles. The molecule has 2 N–H and O–H groups in total. The summed E-state index contributed by atoms with van der Waals surface area (Å²) in [6, 6.07) is 11.7. The Morgan fingerprint density at radius 1 is 1.23 bits per heavy atom. The van der Waals surface area contributed by atoms with E-state index < -0.39 is 0 Å². The van der Waals surface area contributed by atoms with Gasteiger partial charge in [0, 0.05) is 31.4 Å². The lowest BCUT2D eigenvalue weighted by Crippen LogP contribution is -2.36. The van der Waals surface area contributed by atoms with Crippen LogP contribution in [0.5, 0.6) is 0 Å². The molecular formula is C20H26N4O2. The first kappa shape index (κ1) is 18.2. The van der Waals surface area contributed by atoms with E-state index in [0.29, 0.717) is 17.9 Å². The molecule has 2 heterocycles. The number of aromatic nitrogens is 1. The van der Waals surface area contributed by atoms with Gasteiger partial charge in [-0.15, -0.1) is 0 Å². The Labute approximate surface area is 154 Å². The fraction of sp³-hybridized carbons (Fsp3) is 0.400. The van der Waals surface area contributed by atoms with Gasteiger partial charge in [-0.3, -0.25) is 4.79 Å². The van der Waals surface area contributed by atoms with E-state index >= 15 is 0 Å². The molecule has 3 rings (SSSR count). The summed E-state index contributed by atoms with van der Waals surface area (Å²) in [5.74, 6) is 0.596. The number of ether oxygens (including phenoxy) is 1. The highest BCUT2D eigenvalue weighted by Gasteiger charge is 2.15. The highest BCUT2D eigenvalue weighted by atomic mass is 16.5. The van der Waals surface area contributed by atoms with Gasteiger partial charge in [0.1, 0.15) is 5.82 Å². The summed E-state index contributed by atoms with van der Waals surface area (Å²) in [6.45, 7) is 6.00. The molecule has 1 aliphatic heterocycles. The Bertz CT molecular complexity index is 729. The van der Waals surface area contributed by atoms with E-state index in [9.17, 15) is 4.79 Å². The smallest absolute Gasteiger partial charge is 0.251 e. The Balaban J connectivity index is 1.73. The zero-order valence-electron chi connectivity index (χ0n) is 15.2. The highest BCUT2D eigenvalue weighted by molar-refractivity contribution is 5.95.